The van der Waals surface area contributed by atoms with Crippen LogP contribution in [0.3, 0.4) is 0 Å². The molecule has 2 aromatic carbocycles. The first-order valence-corrected chi connectivity index (χ1v) is 10.0. The average Bonchev–Trinajstić information content (AvgIpc) is 2.53. The van der Waals surface area contributed by atoms with E-state index in [0.29, 0.717) is 0 Å². The minimum Gasteiger partial charge on any atom is -0.465 e. The molecule has 7 nitrogen and oxygen atoms in total. The first kappa shape index (κ1) is 18.0. The summed E-state index contributed by atoms with van der Waals surface area (Å²) in [6.45, 7) is 0. The molecule has 2 rings (SSSR count). The Kier molecular flexibility index (Phi) is 4.95. The predicted octanol–water partition coefficient (Wildman–Crippen LogP) is 1.68. The molecule has 0 aromatic heterocycles. The lowest BCUT2D eigenvalue weighted by molar-refractivity contribution is 0.0596. The van der Waals surface area contributed by atoms with E-state index in [1.54, 1.807) is 0 Å². The van der Waals surface area contributed by atoms with E-state index in [4.69, 9.17) is 0 Å². The van der Waals surface area contributed by atoms with E-state index in [1.807, 2.05) is 0 Å². The van der Waals surface area contributed by atoms with Crippen molar-refractivity contribution in [3.05, 3.63) is 54.1 Å². The maximum atomic E-state index is 12.5. The van der Waals surface area contributed by atoms with Gasteiger partial charge in [0.1, 0.15) is 4.90 Å². The average molecular weight is 369 g/mol. The normalized spacial score (nSPS) is 11.8. The number of carbonyl (C=O) groups is 1. The molecule has 0 spiro atoms. The van der Waals surface area contributed by atoms with Gasteiger partial charge in [0.05, 0.1) is 23.3 Å². The lowest BCUT2D eigenvalue weighted by Gasteiger charge is -2.11. The summed E-state index contributed by atoms with van der Waals surface area (Å²) in [5.41, 5.74) is -0.0515. The van der Waals surface area contributed by atoms with Gasteiger partial charge in [0.25, 0.3) is 10.0 Å². The Morgan fingerprint density at radius 3 is 2.29 bits per heavy atom. The highest BCUT2D eigenvalue weighted by Gasteiger charge is 2.23. The third-order valence-corrected chi connectivity index (χ3v) is 5.65. The monoisotopic (exact) mass is 369 g/mol. The number of ether oxygens (including phenoxy) is 1. The fourth-order valence-corrected chi connectivity index (χ4v) is 3.89. The SMILES string of the molecule is COC(=O)c1ccccc1S(=O)(=O)Nc1cccc(S(C)(=O)=O)c1. The topological polar surface area (TPSA) is 107 Å². The summed E-state index contributed by atoms with van der Waals surface area (Å²) in [6, 6.07) is 10.9. The Bertz CT molecular complexity index is 981. The molecule has 0 bridgehead atoms. The van der Waals surface area contributed by atoms with Crippen molar-refractivity contribution in [3.63, 3.8) is 0 Å². The van der Waals surface area contributed by atoms with Crippen molar-refractivity contribution in [1.29, 1.82) is 0 Å². The van der Waals surface area contributed by atoms with Gasteiger partial charge in [-0.25, -0.2) is 21.6 Å². The van der Waals surface area contributed by atoms with Gasteiger partial charge in [-0.05, 0) is 30.3 Å². The number of sulfone groups is 1. The van der Waals surface area contributed by atoms with Gasteiger partial charge in [-0.3, -0.25) is 4.72 Å². The van der Waals surface area contributed by atoms with Crippen LogP contribution in [-0.2, 0) is 24.6 Å². The van der Waals surface area contributed by atoms with Crippen LogP contribution < -0.4 is 4.72 Å². The maximum absolute atomic E-state index is 12.5. The molecule has 1 N–H and O–H groups in total. The van der Waals surface area contributed by atoms with Crippen LogP contribution in [0.25, 0.3) is 0 Å². The van der Waals surface area contributed by atoms with Crippen molar-refractivity contribution in [2.45, 2.75) is 9.79 Å². The molecular weight excluding hydrogens is 354 g/mol. The fourth-order valence-electron chi connectivity index (χ4n) is 1.98. The summed E-state index contributed by atoms with van der Waals surface area (Å²) in [5.74, 6) is -0.791. The lowest BCUT2D eigenvalue weighted by Crippen LogP contribution is -2.17. The molecule has 0 aliphatic carbocycles. The first-order chi connectivity index (χ1) is 11.1. The Morgan fingerprint density at radius 2 is 1.67 bits per heavy atom. The number of hydrogen-bond acceptors (Lipinski definition) is 6. The lowest BCUT2D eigenvalue weighted by atomic mass is 10.2. The van der Waals surface area contributed by atoms with Crippen LogP contribution >= 0.6 is 0 Å². The fraction of sp³-hybridized carbons (Fsp3) is 0.133. The number of hydrogen-bond donors (Lipinski definition) is 1. The molecule has 0 fully saturated rings. The quantitative estimate of drug-likeness (QED) is 0.804. The van der Waals surface area contributed by atoms with Crippen LogP contribution in [0.1, 0.15) is 10.4 Å². The number of nitrogens with one attached hydrogen (secondary N) is 1. The molecule has 0 amide bonds. The molecule has 0 saturated heterocycles. The van der Waals surface area contributed by atoms with Gasteiger partial charge >= 0.3 is 5.97 Å². The Labute approximate surface area is 140 Å². The van der Waals surface area contributed by atoms with Crippen LogP contribution in [0.4, 0.5) is 5.69 Å². The highest BCUT2D eigenvalue weighted by molar-refractivity contribution is 7.93. The zero-order chi connectivity index (χ0) is 18.0. The number of methoxy groups -OCH3 is 1. The molecule has 0 saturated carbocycles. The van der Waals surface area contributed by atoms with Gasteiger partial charge in [-0.15, -0.1) is 0 Å². The van der Waals surface area contributed by atoms with Crippen molar-refractivity contribution in [2.75, 3.05) is 18.1 Å². The second-order valence-electron chi connectivity index (χ2n) is 4.89. The largest absolute Gasteiger partial charge is 0.465 e. The van der Waals surface area contributed by atoms with E-state index in [9.17, 15) is 21.6 Å². The molecule has 0 aliphatic heterocycles. The molecule has 24 heavy (non-hydrogen) atoms. The van der Waals surface area contributed by atoms with E-state index in [1.165, 1.54) is 48.5 Å². The second-order valence-corrected chi connectivity index (χ2v) is 8.56. The van der Waals surface area contributed by atoms with Gasteiger partial charge < -0.3 is 4.74 Å². The summed E-state index contributed by atoms with van der Waals surface area (Å²) < 4.78 is 55.0. The number of esters is 1. The van der Waals surface area contributed by atoms with Gasteiger partial charge in [-0.1, -0.05) is 18.2 Å². The molecule has 0 atom stereocenters. The van der Waals surface area contributed by atoms with Crippen molar-refractivity contribution < 1.29 is 26.4 Å². The molecule has 0 unspecified atom stereocenters. The first-order valence-electron chi connectivity index (χ1n) is 6.65. The summed E-state index contributed by atoms with van der Waals surface area (Å²) in [4.78, 5) is 11.4. The van der Waals surface area contributed by atoms with E-state index >= 15 is 0 Å². The number of carbonyl (C=O) groups excluding carboxylic acids is 1. The van der Waals surface area contributed by atoms with Crippen LogP contribution in [0.5, 0.6) is 0 Å². The van der Waals surface area contributed by atoms with Crippen LogP contribution in [0.2, 0.25) is 0 Å². The molecule has 2 aromatic rings. The molecule has 9 heteroatoms. The zero-order valence-electron chi connectivity index (χ0n) is 12.9. The van der Waals surface area contributed by atoms with E-state index in [-0.39, 0.29) is 21.0 Å². The molecule has 0 aliphatic rings. The van der Waals surface area contributed by atoms with Gasteiger partial charge in [0.15, 0.2) is 9.84 Å². The van der Waals surface area contributed by atoms with Gasteiger partial charge in [0, 0.05) is 6.26 Å². The van der Waals surface area contributed by atoms with Crippen molar-refractivity contribution in [2.24, 2.45) is 0 Å². The predicted molar refractivity (Wildman–Crippen MR) is 88.1 cm³/mol. The minimum atomic E-state index is -4.11. The standard InChI is InChI=1S/C15H15NO6S2/c1-22-15(17)13-8-3-4-9-14(13)24(20,21)16-11-6-5-7-12(10-11)23(2,18)19/h3-10,16H,1-2H3. The summed E-state index contributed by atoms with van der Waals surface area (Å²) >= 11 is 0. The molecule has 0 radical (unpaired) electrons. The van der Waals surface area contributed by atoms with Crippen molar-refractivity contribution >= 4 is 31.5 Å². The van der Waals surface area contributed by atoms with Crippen LogP contribution in [0.15, 0.2) is 58.3 Å². The molecule has 128 valence electrons. The third-order valence-electron chi connectivity index (χ3n) is 3.10. The van der Waals surface area contributed by atoms with Gasteiger partial charge in [-0.2, -0.15) is 0 Å². The Hall–Kier alpha value is -2.39. The highest BCUT2D eigenvalue weighted by Crippen LogP contribution is 2.22. The van der Waals surface area contributed by atoms with E-state index < -0.39 is 25.8 Å². The van der Waals surface area contributed by atoms with Crippen molar-refractivity contribution in [1.82, 2.24) is 0 Å². The third kappa shape index (κ3) is 3.92. The van der Waals surface area contributed by atoms with Gasteiger partial charge in [0.2, 0.25) is 0 Å². The smallest absolute Gasteiger partial charge is 0.339 e. The molecular formula is C15H15NO6S2. The Morgan fingerprint density at radius 1 is 1.00 bits per heavy atom. The van der Waals surface area contributed by atoms with E-state index in [2.05, 4.69) is 9.46 Å². The van der Waals surface area contributed by atoms with Crippen LogP contribution in [-0.4, -0.2) is 36.2 Å². The minimum absolute atomic E-state index is 0.0241. The van der Waals surface area contributed by atoms with Crippen LogP contribution in [0, 0.1) is 0 Å². The van der Waals surface area contributed by atoms with Crippen molar-refractivity contribution in [3.8, 4) is 0 Å². The summed E-state index contributed by atoms with van der Waals surface area (Å²) in [5, 5.41) is 0. The second kappa shape index (κ2) is 6.62. The summed E-state index contributed by atoms with van der Waals surface area (Å²) in [6.07, 6.45) is 1.02. The molecule has 0 heterocycles. The highest BCUT2D eigenvalue weighted by atomic mass is 32.2. The number of rotatable bonds is 5. The van der Waals surface area contributed by atoms with E-state index in [0.717, 1.165) is 13.4 Å². The number of anilines is 1. The summed E-state index contributed by atoms with van der Waals surface area (Å²) in [7, 11) is -6.44. The number of benzene rings is 2. The zero-order valence-corrected chi connectivity index (χ0v) is 14.5. The number of sulfonamides is 1. The maximum Gasteiger partial charge on any atom is 0.339 e. The Balaban J connectivity index is 2.46.